The van der Waals surface area contributed by atoms with Crippen molar-refractivity contribution in [2.24, 2.45) is 5.92 Å². The maximum absolute atomic E-state index is 12.0. The van der Waals surface area contributed by atoms with Crippen LogP contribution in [0, 0.1) is 12.8 Å². The van der Waals surface area contributed by atoms with Gasteiger partial charge in [0.1, 0.15) is 11.9 Å². The van der Waals surface area contributed by atoms with Crippen molar-refractivity contribution in [1.29, 1.82) is 0 Å². The predicted octanol–water partition coefficient (Wildman–Crippen LogP) is 2.73. The Morgan fingerprint density at radius 2 is 2.29 bits per heavy atom. The Bertz CT molecular complexity index is 1130. The van der Waals surface area contributed by atoms with E-state index in [2.05, 4.69) is 15.6 Å². The number of aromatic nitrogens is 3. The first-order valence-electron chi connectivity index (χ1n) is 11.0. The second-order valence-electron chi connectivity index (χ2n) is 7.47. The zero-order chi connectivity index (χ0) is 21.8. The molecule has 3 aromatic heterocycles. The summed E-state index contributed by atoms with van der Waals surface area (Å²) in [5, 5.41) is 11.3. The highest BCUT2D eigenvalue weighted by molar-refractivity contribution is 5.93. The lowest BCUT2D eigenvalue weighted by Crippen LogP contribution is -2.21. The number of hydrogen-bond donors (Lipinski definition) is 1. The Labute approximate surface area is 166 Å². The van der Waals surface area contributed by atoms with E-state index in [4.69, 9.17) is 13.4 Å². The van der Waals surface area contributed by atoms with E-state index in [9.17, 15) is 4.79 Å². The van der Waals surface area contributed by atoms with Crippen LogP contribution in [0.25, 0.3) is 16.6 Å². The number of likely N-dealkylation sites (N-methyl/N-ethyl adjacent to an activating group) is 1. The molecule has 2 fully saturated rings. The van der Waals surface area contributed by atoms with E-state index in [1.165, 1.54) is 4.90 Å². The Hall–Kier alpha value is -2.87. The number of pyridine rings is 1. The molecule has 0 spiro atoms. The molecule has 4 heterocycles. The minimum atomic E-state index is -2.12. The fraction of sp³-hybridized carbons (Fsp3) is 0.450. The van der Waals surface area contributed by atoms with Crippen LogP contribution in [0.3, 0.4) is 0 Å². The predicted molar refractivity (Wildman–Crippen MR) is 103 cm³/mol. The quantitative estimate of drug-likeness (QED) is 0.728. The molecule has 28 heavy (non-hydrogen) atoms. The molecule has 1 N–H and O–H groups in total. The van der Waals surface area contributed by atoms with Gasteiger partial charge >= 0.3 is 0 Å². The van der Waals surface area contributed by atoms with Gasteiger partial charge in [0.25, 0.3) is 5.88 Å². The topological polar surface area (TPSA) is 84.9 Å². The van der Waals surface area contributed by atoms with Crippen LogP contribution in [0.4, 0.5) is 5.82 Å². The van der Waals surface area contributed by atoms with Crippen molar-refractivity contribution in [2.45, 2.75) is 32.3 Å². The lowest BCUT2D eigenvalue weighted by Gasteiger charge is -2.12. The summed E-state index contributed by atoms with van der Waals surface area (Å²) in [6.45, 7) is 0.443. The van der Waals surface area contributed by atoms with Gasteiger partial charge in [-0.1, -0.05) is 0 Å². The molecule has 8 nitrogen and oxygen atoms in total. The molecule has 1 aliphatic heterocycles. The number of anilines is 1. The molecule has 1 aliphatic carbocycles. The van der Waals surface area contributed by atoms with Gasteiger partial charge in [0.15, 0.2) is 5.82 Å². The third-order valence-corrected chi connectivity index (χ3v) is 5.21. The molecule has 5 rings (SSSR count). The maximum atomic E-state index is 12.0. The van der Waals surface area contributed by atoms with Gasteiger partial charge in [-0.15, -0.1) is 0 Å². The highest BCUT2D eigenvalue weighted by Gasteiger charge is 2.30. The summed E-state index contributed by atoms with van der Waals surface area (Å²) >= 11 is 0. The van der Waals surface area contributed by atoms with Crippen LogP contribution in [0.5, 0.6) is 5.88 Å². The number of nitrogens with zero attached hydrogens (tertiary/aromatic N) is 4. The van der Waals surface area contributed by atoms with Crippen molar-refractivity contribution in [1.82, 2.24) is 19.7 Å². The summed E-state index contributed by atoms with van der Waals surface area (Å²) in [5.41, 5.74) is 2.37. The largest absolute Gasteiger partial charge is 0.470 e. The molecule has 0 bridgehead atoms. The van der Waals surface area contributed by atoms with Crippen LogP contribution in [-0.2, 0) is 4.79 Å². The minimum Gasteiger partial charge on any atom is -0.470 e. The summed E-state index contributed by atoms with van der Waals surface area (Å²) in [7, 11) is 0. The van der Waals surface area contributed by atoms with E-state index in [0.29, 0.717) is 37.0 Å². The monoisotopic (exact) mass is 384 g/mol. The average Bonchev–Trinajstić information content (AvgIpc) is 3.15. The molecule has 2 aliphatic rings. The lowest BCUT2D eigenvalue weighted by molar-refractivity contribution is -0.117. The standard InChI is InChI=1S/C20H23N5O3/c1-12-18(20(23-28-12)27-16-6-7-24(2)11-16)14-5-8-25-15(9-14)10-17(22-25)21-19(26)13-3-4-13/h5,8-10,13,16H,3-4,6-7,11H2,1-2H3,(H,21,22,26)/t16-/m0/s1/i2D3. The molecule has 0 radical (unpaired) electrons. The van der Waals surface area contributed by atoms with Crippen molar-refractivity contribution in [3.8, 4) is 17.0 Å². The number of likely N-dealkylation sites (tertiary alicyclic amines) is 1. The smallest absolute Gasteiger partial charge is 0.262 e. The summed E-state index contributed by atoms with van der Waals surface area (Å²) < 4.78 is 35.8. The zero-order valence-corrected chi connectivity index (χ0v) is 15.5. The molecule has 0 aromatic carbocycles. The van der Waals surface area contributed by atoms with Gasteiger partial charge in [0.2, 0.25) is 5.91 Å². The number of amides is 1. The van der Waals surface area contributed by atoms with E-state index < -0.39 is 6.98 Å². The van der Waals surface area contributed by atoms with Crippen LogP contribution in [0.1, 0.15) is 29.1 Å². The number of carbonyl (C=O) groups is 1. The number of fused-ring (bicyclic) bond motifs is 1. The molecule has 0 unspecified atom stereocenters. The molecule has 3 aromatic rings. The normalized spacial score (nSPS) is 22.0. The molecular formula is C20H23N5O3. The second kappa shape index (κ2) is 6.63. The van der Waals surface area contributed by atoms with Crippen molar-refractivity contribution >= 4 is 17.2 Å². The summed E-state index contributed by atoms with van der Waals surface area (Å²) in [6.07, 6.45) is 4.01. The lowest BCUT2D eigenvalue weighted by atomic mass is 10.1. The van der Waals surface area contributed by atoms with Gasteiger partial charge in [-0.3, -0.25) is 4.79 Å². The number of hydrogen-bond acceptors (Lipinski definition) is 6. The Kier molecular flexibility index (Phi) is 3.36. The number of aryl methyl sites for hydroxylation is 1. The van der Waals surface area contributed by atoms with Gasteiger partial charge in [-0.2, -0.15) is 5.10 Å². The minimum absolute atomic E-state index is 0.0110. The van der Waals surface area contributed by atoms with Crippen molar-refractivity contribution in [2.75, 3.05) is 25.4 Å². The highest BCUT2D eigenvalue weighted by atomic mass is 16.5. The number of ether oxygens (including phenoxy) is 1. The Balaban J connectivity index is 1.37. The first kappa shape index (κ1) is 14.2. The van der Waals surface area contributed by atoms with Gasteiger partial charge < -0.3 is 19.5 Å². The molecule has 8 heteroatoms. The summed E-state index contributed by atoms with van der Waals surface area (Å²) in [6, 6.07) is 5.62. The van der Waals surface area contributed by atoms with Gasteiger partial charge in [0.05, 0.1) is 11.1 Å². The van der Waals surface area contributed by atoms with Crippen molar-refractivity contribution in [3.05, 3.63) is 30.2 Å². The zero-order valence-electron chi connectivity index (χ0n) is 18.5. The van der Waals surface area contributed by atoms with Crippen LogP contribution in [0.15, 0.2) is 28.9 Å². The fourth-order valence-electron chi connectivity index (χ4n) is 3.53. The number of carbonyl (C=O) groups excluding carboxylic acids is 1. The third kappa shape index (κ3) is 3.24. The van der Waals surface area contributed by atoms with Crippen LogP contribution in [0.2, 0.25) is 0 Å². The Morgan fingerprint density at radius 1 is 1.39 bits per heavy atom. The molecule has 1 saturated carbocycles. The Morgan fingerprint density at radius 3 is 3.07 bits per heavy atom. The van der Waals surface area contributed by atoms with Crippen molar-refractivity contribution in [3.63, 3.8) is 0 Å². The number of rotatable bonds is 5. The van der Waals surface area contributed by atoms with Gasteiger partial charge in [0, 0.05) is 35.4 Å². The van der Waals surface area contributed by atoms with E-state index in [0.717, 1.165) is 29.5 Å². The molecule has 146 valence electrons. The van der Waals surface area contributed by atoms with E-state index >= 15 is 0 Å². The maximum Gasteiger partial charge on any atom is 0.262 e. The summed E-state index contributed by atoms with van der Waals surface area (Å²) in [4.78, 5) is 13.4. The van der Waals surface area contributed by atoms with Gasteiger partial charge in [-0.25, -0.2) is 4.52 Å². The highest BCUT2D eigenvalue weighted by Crippen LogP contribution is 2.35. The second-order valence-corrected chi connectivity index (χ2v) is 7.47. The third-order valence-electron chi connectivity index (χ3n) is 5.21. The first-order valence-corrected chi connectivity index (χ1v) is 9.46. The molecule has 1 saturated heterocycles. The fourth-order valence-corrected chi connectivity index (χ4v) is 3.53. The van der Waals surface area contributed by atoms with Crippen LogP contribution < -0.4 is 10.1 Å². The summed E-state index contributed by atoms with van der Waals surface area (Å²) in [5.74, 6) is 1.59. The van der Waals surface area contributed by atoms with Gasteiger partial charge in [-0.05, 0) is 56.0 Å². The van der Waals surface area contributed by atoms with Crippen LogP contribution in [-0.4, -0.2) is 51.7 Å². The first-order chi connectivity index (χ1) is 14.8. The SMILES string of the molecule is [2H]C([2H])([2H])N1CC[C@H](Oc2noc(C)c2-c2ccn3nc(NC(=O)C4CC4)cc3c2)C1. The van der Waals surface area contributed by atoms with E-state index in [1.54, 1.807) is 17.6 Å². The molecule has 1 atom stereocenters. The van der Waals surface area contributed by atoms with E-state index in [-0.39, 0.29) is 17.9 Å². The van der Waals surface area contributed by atoms with E-state index in [1.807, 2.05) is 18.2 Å². The van der Waals surface area contributed by atoms with Crippen molar-refractivity contribution < 1.29 is 18.2 Å². The molecule has 1 amide bonds. The number of nitrogens with one attached hydrogen (secondary N) is 1. The molecular weight excluding hydrogens is 358 g/mol. The average molecular weight is 384 g/mol. The van der Waals surface area contributed by atoms with Crippen LogP contribution >= 0.6 is 0 Å².